The maximum Gasteiger partial charge on any atom is 0.267 e. The first-order valence-electron chi connectivity index (χ1n) is 42.2. The molecule has 12 N–H and O–H groups in total. The summed E-state index contributed by atoms with van der Waals surface area (Å²) in [4.78, 5) is 45.8. The van der Waals surface area contributed by atoms with Gasteiger partial charge in [0, 0.05) is 77.9 Å². The van der Waals surface area contributed by atoms with Gasteiger partial charge in [0.2, 0.25) is 23.8 Å². The van der Waals surface area contributed by atoms with Crippen LogP contribution in [0.4, 0.5) is 99.2 Å². The second-order valence-corrected chi connectivity index (χ2v) is 37.4. The molecule has 0 aliphatic rings. The van der Waals surface area contributed by atoms with Crippen LogP contribution < -0.4 is 46.6 Å². The maximum atomic E-state index is 15.8. The monoisotopic (exact) mass is 2060 g/mol. The molecule has 12 aromatic heterocycles. The van der Waals surface area contributed by atoms with Gasteiger partial charge >= 0.3 is 0 Å². The van der Waals surface area contributed by atoms with E-state index in [4.69, 9.17) is 27.7 Å². The molecule has 20 rings (SSSR count). The summed E-state index contributed by atoms with van der Waals surface area (Å²) in [6, 6.07) is 48.2. The van der Waals surface area contributed by atoms with E-state index in [1.54, 1.807) is 103 Å². The first-order valence-corrected chi connectivity index (χ1v) is 48.2. The molecule has 0 saturated heterocycles. The van der Waals surface area contributed by atoms with Crippen molar-refractivity contribution in [2.24, 2.45) is 0 Å². The number of methoxy groups -OCH3 is 1. The highest BCUT2D eigenvalue weighted by atomic mass is 32.2. The summed E-state index contributed by atoms with van der Waals surface area (Å²) < 4.78 is 298. The predicted octanol–water partition coefficient (Wildman–Crippen LogP) is 17.9. The Morgan fingerprint density at radius 3 is 0.917 bits per heavy atom. The number of sulfonamides is 4. The van der Waals surface area contributed by atoms with E-state index >= 15 is 17.6 Å². The average Bonchev–Trinajstić information content (AvgIpc) is 1.59. The largest absolute Gasteiger partial charge is 0.497 e. The molecular weight excluding hydrogens is 1990 g/mol. The molecule has 0 unspecified atom stereocenters. The van der Waals surface area contributed by atoms with E-state index in [2.05, 4.69) is 59.8 Å². The summed E-state index contributed by atoms with van der Waals surface area (Å²) in [5.41, 5.74) is 27.7. The number of benzene rings is 8. The van der Waals surface area contributed by atoms with Crippen LogP contribution >= 0.6 is 0 Å². The van der Waals surface area contributed by atoms with E-state index in [1.807, 2.05) is 50.9 Å². The van der Waals surface area contributed by atoms with E-state index in [-0.39, 0.29) is 68.8 Å². The number of nitrogens with two attached hydrogens (primary N) is 4. The number of imidazole rings is 4. The van der Waals surface area contributed by atoms with Crippen molar-refractivity contribution in [3.05, 3.63) is 355 Å². The summed E-state index contributed by atoms with van der Waals surface area (Å²) in [5, 5.41) is 0. The first-order chi connectivity index (χ1) is 69.3. The highest BCUT2D eigenvalue weighted by Gasteiger charge is 2.35. The minimum absolute atomic E-state index is 0.00234. The molecule has 0 bridgehead atoms. The van der Waals surface area contributed by atoms with Gasteiger partial charge in [0.25, 0.3) is 40.1 Å². The van der Waals surface area contributed by atoms with Crippen molar-refractivity contribution in [1.82, 2.24) is 77.4 Å². The van der Waals surface area contributed by atoms with Crippen molar-refractivity contribution in [1.29, 1.82) is 0 Å². The van der Waals surface area contributed by atoms with Crippen LogP contribution in [0.5, 0.6) is 5.75 Å². The minimum atomic E-state index is -4.82. The van der Waals surface area contributed by atoms with Crippen LogP contribution in [0.15, 0.2) is 294 Å². The zero-order valence-corrected chi connectivity index (χ0v) is 77.8. The molecule has 8 aromatic carbocycles. The molecule has 0 amide bonds. The second-order valence-electron chi connectivity index (χ2n) is 31.0. The normalized spacial score (nSPS) is 11.6. The standard InChI is InChI=1S/C25H19F3N6O2S.C24H17F3N6O3S.C24H17F3N6O2S.C23H15F3N6O2S/c1-2-14-10-12-34-20(13-14)32-22(23(34)19-9-11-30-25(29)31-19)15-5-3-8-18(21(15)28)33-37(35,36)24-16(26)6-4-7-17(24)27;1-36-13-9-11-33-19(12-13)31-21(22(33)18-8-10-29-24(28)30-18)14-4-2-7-17(20(14)27)32-37(34,35)23-15(25)5-3-6-16(23)26;1-13-5-4-12-33-21(18-10-11-29-24(28)30-18)20(31-23(13)33)14-6-2-9-17(19(14)27)32-36(34,35)22-15(25)7-3-8-16(22)26;24-14-6-4-7-15(25)22(14)35(33,34)31-16-8-3-5-13(19(16)26)20-21(17-10-11-28-23(27)29-17)32-12-2-1-9-18(32)30-20/h3-13,33H,2H2,1H3,(H2,29,30,31);2-12,32H,1H3,(H2,28,29,30);2-12,32H,1H3,(H2,28,29,30);1-12,31H,(H2,27,28,29). The summed E-state index contributed by atoms with van der Waals surface area (Å²) >= 11 is 0. The fourth-order valence-corrected chi connectivity index (χ4v) is 20.1. The molecule has 734 valence electrons. The molecule has 20 aromatic rings. The van der Waals surface area contributed by atoms with Crippen molar-refractivity contribution < 1.29 is 91.1 Å². The molecule has 12 heterocycles. The van der Waals surface area contributed by atoms with Crippen molar-refractivity contribution in [3.63, 3.8) is 0 Å². The fourth-order valence-electron chi connectivity index (χ4n) is 15.3. The van der Waals surface area contributed by atoms with Gasteiger partial charge < -0.3 is 27.7 Å². The average molecular weight is 2060 g/mol. The van der Waals surface area contributed by atoms with Gasteiger partial charge in [-0.15, -0.1) is 0 Å². The van der Waals surface area contributed by atoms with Gasteiger partial charge in [-0.25, -0.2) is 146 Å². The van der Waals surface area contributed by atoms with E-state index in [0.29, 0.717) is 73.9 Å². The SMILES string of the molecule is CCc1ccn2c(-c3ccnc(N)n3)c(-c3cccc(NS(=O)(=O)c4c(F)cccc4F)c3F)nc2c1.COc1ccn2c(-c3ccnc(N)n3)c(-c3cccc(NS(=O)(=O)c4c(F)cccc4F)c3F)nc2c1.Cc1cccn2c(-c3ccnc(N)n3)c(-c3cccc(NS(=O)(=O)c4c(F)cccc4F)c3F)nc12.Nc1nccc(-c2c(-c3cccc(NS(=O)(=O)c4c(F)cccc4F)c3F)nc3ccccn23)n1. The number of hydrogen-bond donors (Lipinski definition) is 8. The van der Waals surface area contributed by atoms with E-state index < -0.39 is 152 Å². The van der Waals surface area contributed by atoms with Gasteiger partial charge in [-0.3, -0.25) is 36.5 Å². The number of ether oxygens (including phenoxy) is 1. The Morgan fingerprint density at radius 1 is 0.303 bits per heavy atom. The van der Waals surface area contributed by atoms with Crippen LogP contribution in [0.25, 0.3) is 113 Å². The number of aromatic nitrogens is 16. The minimum Gasteiger partial charge on any atom is -0.497 e. The number of rotatable bonds is 22. The Hall–Kier alpha value is -18.0. The van der Waals surface area contributed by atoms with E-state index in [9.17, 15) is 68.8 Å². The highest BCUT2D eigenvalue weighted by molar-refractivity contribution is 7.93. The molecular formula is C96H68F12N24O9S4. The Kier molecular flexibility index (Phi) is 27.2. The Bertz CT molecular complexity index is 8730. The highest BCUT2D eigenvalue weighted by Crippen LogP contribution is 2.44. The van der Waals surface area contributed by atoms with Crippen LogP contribution in [0.2, 0.25) is 0 Å². The molecule has 33 nitrogen and oxygen atoms in total. The number of anilines is 8. The number of pyridine rings is 4. The third-order valence-corrected chi connectivity index (χ3v) is 27.4. The molecule has 0 radical (unpaired) electrons. The van der Waals surface area contributed by atoms with Crippen LogP contribution in [-0.2, 0) is 46.5 Å². The topological polar surface area (TPSA) is 470 Å². The lowest BCUT2D eigenvalue weighted by Crippen LogP contribution is -2.17. The molecule has 49 heteroatoms. The smallest absolute Gasteiger partial charge is 0.267 e. The van der Waals surface area contributed by atoms with Crippen LogP contribution in [0, 0.1) is 76.7 Å². The van der Waals surface area contributed by atoms with Gasteiger partial charge in [-0.2, -0.15) is 0 Å². The number of hydrogen-bond acceptors (Lipinski definition) is 25. The first kappa shape index (κ1) is 98.6. The summed E-state index contributed by atoms with van der Waals surface area (Å²) in [6.07, 6.45) is 13.3. The summed E-state index contributed by atoms with van der Waals surface area (Å²) in [5.74, 6) is -14.0. The molecule has 0 aliphatic heterocycles. The van der Waals surface area contributed by atoms with Gasteiger partial charge in [0.15, 0.2) is 42.9 Å². The zero-order valence-electron chi connectivity index (χ0n) is 74.5. The third-order valence-electron chi connectivity index (χ3n) is 21.7. The molecule has 0 aliphatic carbocycles. The second kappa shape index (κ2) is 39.9. The molecule has 0 atom stereocenters. The molecule has 0 fully saturated rings. The van der Waals surface area contributed by atoms with Crippen molar-refractivity contribution in [2.45, 2.75) is 39.9 Å². The lowest BCUT2D eigenvalue weighted by atomic mass is 10.1. The van der Waals surface area contributed by atoms with Crippen molar-refractivity contribution in [3.8, 4) is 96.3 Å². The molecule has 0 saturated carbocycles. The number of aryl methyl sites for hydroxylation is 2. The number of halogens is 12. The predicted molar refractivity (Wildman–Crippen MR) is 513 cm³/mol. The van der Waals surface area contributed by atoms with Crippen molar-refractivity contribution >= 4 is 109 Å². The van der Waals surface area contributed by atoms with Crippen molar-refractivity contribution in [2.75, 3.05) is 48.9 Å². The van der Waals surface area contributed by atoms with Crippen LogP contribution in [0.3, 0.4) is 0 Å². The number of nitrogens with zero attached hydrogens (tertiary/aromatic N) is 16. The van der Waals surface area contributed by atoms with E-state index in [0.717, 1.165) is 115 Å². The van der Waals surface area contributed by atoms with Gasteiger partial charge in [0.05, 0.1) is 75.4 Å². The number of fused-ring (bicyclic) bond motifs is 4. The van der Waals surface area contributed by atoms with E-state index in [1.165, 1.54) is 80.4 Å². The number of nitrogens with one attached hydrogen (secondary N) is 4. The summed E-state index contributed by atoms with van der Waals surface area (Å²) in [7, 11) is -17.7. The Morgan fingerprint density at radius 2 is 0.593 bits per heavy atom. The van der Waals surface area contributed by atoms with Gasteiger partial charge in [-0.1, -0.05) is 67.6 Å². The fraction of sp³-hybridized carbons (Fsp3) is 0.0417. The van der Waals surface area contributed by atoms with Gasteiger partial charge in [-0.05, 0) is 182 Å². The Labute approximate surface area is 813 Å². The lowest BCUT2D eigenvalue weighted by Gasteiger charge is -2.12. The number of nitrogen functional groups attached to an aromatic ring is 4. The van der Waals surface area contributed by atoms with Crippen LogP contribution in [0.1, 0.15) is 18.1 Å². The molecule has 0 spiro atoms. The molecule has 145 heavy (non-hydrogen) atoms. The quantitative estimate of drug-likeness (QED) is 0.0292. The summed E-state index contributed by atoms with van der Waals surface area (Å²) in [6.45, 7) is 3.81. The third kappa shape index (κ3) is 19.8. The maximum absolute atomic E-state index is 15.8. The lowest BCUT2D eigenvalue weighted by molar-refractivity contribution is 0.414. The van der Waals surface area contributed by atoms with Gasteiger partial charge in [0.1, 0.15) is 97.7 Å². The van der Waals surface area contributed by atoms with Crippen LogP contribution in [-0.4, -0.2) is 118 Å². The zero-order chi connectivity index (χ0) is 103. The Balaban J connectivity index is 0.000000132.